The number of fused-ring (bicyclic) bond motifs is 1. The van der Waals surface area contributed by atoms with Crippen LogP contribution in [0.1, 0.15) is 46.1 Å². The Morgan fingerprint density at radius 1 is 1.26 bits per heavy atom. The molecule has 9 heteroatoms. The Morgan fingerprint density at radius 3 is 2.55 bits per heavy atom. The van der Waals surface area contributed by atoms with Gasteiger partial charge in [0.1, 0.15) is 22.4 Å². The van der Waals surface area contributed by atoms with Crippen LogP contribution < -0.4 is 10.1 Å². The summed E-state index contributed by atoms with van der Waals surface area (Å²) in [5.74, 6) is -0.226. The molecular formula is C22H20I2N2O4S. The third kappa shape index (κ3) is 5.40. The van der Waals surface area contributed by atoms with E-state index < -0.39 is 11.9 Å². The highest BCUT2D eigenvalue weighted by molar-refractivity contribution is 14.1. The van der Waals surface area contributed by atoms with E-state index in [2.05, 4.69) is 50.5 Å². The number of nitrogens with zero attached hydrogens (tertiary/aromatic N) is 1. The second kappa shape index (κ2) is 10.8. The lowest BCUT2D eigenvalue weighted by molar-refractivity contribution is -0.112. The molecule has 1 aromatic heterocycles. The zero-order valence-corrected chi connectivity index (χ0v) is 22.1. The van der Waals surface area contributed by atoms with Gasteiger partial charge in [-0.15, -0.1) is 11.3 Å². The number of esters is 1. The number of hydrogen-bond acceptors (Lipinski definition) is 6. The molecule has 1 heterocycles. The van der Waals surface area contributed by atoms with Crippen LogP contribution in [0.2, 0.25) is 0 Å². The molecule has 0 saturated carbocycles. The Bertz CT molecular complexity index is 1080. The number of carbonyl (C=O) groups is 2. The number of methoxy groups -OCH3 is 1. The lowest BCUT2D eigenvalue weighted by Gasteiger charge is -2.12. The Labute approximate surface area is 212 Å². The first kappa shape index (κ1) is 24.0. The van der Waals surface area contributed by atoms with E-state index in [0.717, 1.165) is 54.6 Å². The maximum atomic E-state index is 12.9. The molecule has 31 heavy (non-hydrogen) atoms. The molecule has 1 aliphatic rings. The first-order valence-corrected chi connectivity index (χ1v) is 12.6. The zero-order chi connectivity index (χ0) is 22.5. The molecule has 0 saturated heterocycles. The lowest BCUT2D eigenvalue weighted by Crippen LogP contribution is -2.16. The molecule has 1 amide bonds. The van der Waals surface area contributed by atoms with E-state index >= 15 is 0 Å². The lowest BCUT2D eigenvalue weighted by atomic mass is 9.95. The molecule has 0 spiro atoms. The average Bonchev–Trinajstić information content (AvgIpc) is 3.09. The van der Waals surface area contributed by atoms with Gasteiger partial charge in [-0.3, -0.25) is 4.79 Å². The normalized spacial score (nSPS) is 13.2. The summed E-state index contributed by atoms with van der Waals surface area (Å²) in [6, 6.07) is 5.67. The quantitative estimate of drug-likeness (QED) is 0.189. The maximum absolute atomic E-state index is 12.9. The minimum absolute atomic E-state index is 0.0436. The number of benzene rings is 1. The summed E-state index contributed by atoms with van der Waals surface area (Å²) < 4.78 is 12.4. The molecule has 1 aliphatic carbocycles. The SMILES string of the molecule is CCOC(=O)c1c(NC(=O)/C(C#N)=C/c2cc(I)c(OC)c(I)c2)sc2c1CCCC2. The molecule has 0 radical (unpaired) electrons. The number of halogens is 2. The van der Waals surface area contributed by atoms with Gasteiger partial charge in [-0.1, -0.05) is 0 Å². The summed E-state index contributed by atoms with van der Waals surface area (Å²) in [6.45, 7) is 2.01. The Balaban J connectivity index is 1.93. The summed E-state index contributed by atoms with van der Waals surface area (Å²) in [6.07, 6.45) is 5.27. The smallest absolute Gasteiger partial charge is 0.341 e. The molecule has 1 N–H and O–H groups in total. The minimum Gasteiger partial charge on any atom is -0.495 e. The van der Waals surface area contributed by atoms with Crippen molar-refractivity contribution in [2.45, 2.75) is 32.6 Å². The standard InChI is InChI=1S/C22H20I2N2O4S/c1-3-30-22(28)18-14-6-4-5-7-17(14)31-21(18)26-20(27)13(11-25)8-12-9-15(23)19(29-2)16(24)10-12/h8-10H,3-7H2,1-2H3,(H,26,27)/b13-8+. The van der Waals surface area contributed by atoms with Crippen LogP contribution in [0.15, 0.2) is 17.7 Å². The Kier molecular flexibility index (Phi) is 8.35. The highest BCUT2D eigenvalue weighted by atomic mass is 127. The van der Waals surface area contributed by atoms with Gasteiger partial charge in [-0.25, -0.2) is 4.79 Å². The van der Waals surface area contributed by atoms with E-state index in [-0.39, 0.29) is 12.2 Å². The van der Waals surface area contributed by atoms with Gasteiger partial charge in [0.2, 0.25) is 0 Å². The van der Waals surface area contributed by atoms with Crippen molar-refractivity contribution < 1.29 is 19.1 Å². The van der Waals surface area contributed by atoms with Crippen molar-refractivity contribution in [2.75, 3.05) is 19.0 Å². The number of nitriles is 1. The Hall–Kier alpha value is -1.65. The first-order valence-electron chi connectivity index (χ1n) is 9.67. The number of carbonyl (C=O) groups excluding carboxylic acids is 2. The number of ether oxygens (including phenoxy) is 2. The van der Waals surface area contributed by atoms with Gasteiger partial charge in [0, 0.05) is 4.88 Å². The van der Waals surface area contributed by atoms with Crippen molar-refractivity contribution in [2.24, 2.45) is 0 Å². The van der Waals surface area contributed by atoms with Crippen molar-refractivity contribution in [1.82, 2.24) is 0 Å². The third-order valence-electron chi connectivity index (χ3n) is 4.78. The summed E-state index contributed by atoms with van der Waals surface area (Å²) >= 11 is 5.71. The van der Waals surface area contributed by atoms with Gasteiger partial charge in [-0.05, 0) is 107 Å². The van der Waals surface area contributed by atoms with Crippen LogP contribution in [-0.4, -0.2) is 25.6 Å². The number of thiophene rings is 1. The van der Waals surface area contributed by atoms with Crippen LogP contribution in [0.25, 0.3) is 6.08 Å². The summed E-state index contributed by atoms with van der Waals surface area (Å²) in [4.78, 5) is 26.6. The largest absolute Gasteiger partial charge is 0.495 e. The number of rotatable bonds is 6. The second-order valence-corrected chi connectivity index (χ2v) is 10.2. The molecule has 0 atom stereocenters. The van der Waals surface area contributed by atoms with E-state index in [9.17, 15) is 14.9 Å². The number of anilines is 1. The number of amides is 1. The molecular weight excluding hydrogens is 642 g/mol. The van der Waals surface area contributed by atoms with Crippen LogP contribution in [-0.2, 0) is 22.4 Å². The minimum atomic E-state index is -0.549. The van der Waals surface area contributed by atoms with E-state index in [1.54, 1.807) is 14.0 Å². The number of nitrogens with one attached hydrogen (secondary N) is 1. The first-order chi connectivity index (χ1) is 14.9. The van der Waals surface area contributed by atoms with Gasteiger partial charge in [0.15, 0.2) is 0 Å². The van der Waals surface area contributed by atoms with Crippen LogP contribution in [0.5, 0.6) is 5.75 Å². The molecule has 6 nitrogen and oxygen atoms in total. The molecule has 162 valence electrons. The third-order valence-corrected chi connectivity index (χ3v) is 7.59. The highest BCUT2D eigenvalue weighted by Gasteiger charge is 2.27. The fourth-order valence-electron chi connectivity index (χ4n) is 3.42. The fraction of sp³-hybridized carbons (Fsp3) is 0.318. The Morgan fingerprint density at radius 2 is 1.94 bits per heavy atom. The molecule has 0 aliphatic heterocycles. The highest BCUT2D eigenvalue weighted by Crippen LogP contribution is 2.39. The van der Waals surface area contributed by atoms with E-state index in [1.165, 1.54) is 17.4 Å². The predicted molar refractivity (Wildman–Crippen MR) is 138 cm³/mol. The maximum Gasteiger partial charge on any atom is 0.341 e. The van der Waals surface area contributed by atoms with Crippen molar-refractivity contribution in [3.8, 4) is 11.8 Å². The number of hydrogen-bond donors (Lipinski definition) is 1. The monoisotopic (exact) mass is 662 g/mol. The van der Waals surface area contributed by atoms with Crippen LogP contribution >= 0.6 is 56.5 Å². The summed E-state index contributed by atoms with van der Waals surface area (Å²) in [5.41, 5.74) is 2.07. The molecule has 0 fully saturated rings. The fourth-order valence-corrected chi connectivity index (χ4v) is 6.95. The van der Waals surface area contributed by atoms with Crippen LogP contribution in [0.4, 0.5) is 5.00 Å². The van der Waals surface area contributed by atoms with Crippen molar-refractivity contribution in [3.63, 3.8) is 0 Å². The molecule has 0 unspecified atom stereocenters. The van der Waals surface area contributed by atoms with Gasteiger partial charge in [-0.2, -0.15) is 5.26 Å². The summed E-state index contributed by atoms with van der Waals surface area (Å²) in [7, 11) is 1.60. The molecule has 1 aromatic carbocycles. The van der Waals surface area contributed by atoms with Crippen LogP contribution in [0.3, 0.4) is 0 Å². The second-order valence-electron chi connectivity index (χ2n) is 6.78. The average molecular weight is 662 g/mol. The van der Waals surface area contributed by atoms with Crippen LogP contribution in [0, 0.1) is 18.5 Å². The van der Waals surface area contributed by atoms with Crippen molar-refractivity contribution in [1.29, 1.82) is 5.26 Å². The van der Waals surface area contributed by atoms with Crippen molar-refractivity contribution in [3.05, 3.63) is 46.4 Å². The molecule has 3 rings (SSSR count). The number of aryl methyl sites for hydroxylation is 1. The topological polar surface area (TPSA) is 88.4 Å². The predicted octanol–water partition coefficient (Wildman–Crippen LogP) is 5.57. The van der Waals surface area contributed by atoms with Gasteiger partial charge >= 0.3 is 5.97 Å². The summed E-state index contributed by atoms with van der Waals surface area (Å²) in [5, 5.41) is 12.8. The molecule has 2 aromatic rings. The van der Waals surface area contributed by atoms with E-state index in [1.807, 2.05) is 18.2 Å². The van der Waals surface area contributed by atoms with E-state index in [4.69, 9.17) is 9.47 Å². The van der Waals surface area contributed by atoms with Crippen molar-refractivity contribution >= 4 is 79.5 Å². The molecule has 0 bridgehead atoms. The van der Waals surface area contributed by atoms with E-state index in [0.29, 0.717) is 10.6 Å². The zero-order valence-electron chi connectivity index (χ0n) is 17.0. The van der Waals surface area contributed by atoms with Gasteiger partial charge in [0.25, 0.3) is 5.91 Å². The van der Waals surface area contributed by atoms with Gasteiger partial charge in [0.05, 0.1) is 26.4 Å². The van der Waals surface area contributed by atoms with Gasteiger partial charge < -0.3 is 14.8 Å².